The molecular formula is C11H14IN3O. The zero-order chi connectivity index (χ0) is 11.1. The number of fused-ring (bicyclic) bond motifs is 2. The van der Waals surface area contributed by atoms with Crippen molar-refractivity contribution in [3.8, 4) is 0 Å². The molecule has 16 heavy (non-hydrogen) atoms. The number of hydrogen-bond acceptors (Lipinski definition) is 2. The van der Waals surface area contributed by atoms with E-state index in [0.29, 0.717) is 18.1 Å². The van der Waals surface area contributed by atoms with E-state index in [1.807, 2.05) is 12.3 Å². The molecule has 0 aromatic carbocycles. The van der Waals surface area contributed by atoms with Gasteiger partial charge in [0.1, 0.15) is 0 Å². The molecule has 0 radical (unpaired) electrons. The summed E-state index contributed by atoms with van der Waals surface area (Å²) in [4.78, 5) is 11.9. The van der Waals surface area contributed by atoms with Crippen molar-refractivity contribution in [3.05, 3.63) is 22.0 Å². The van der Waals surface area contributed by atoms with Crippen molar-refractivity contribution < 1.29 is 4.79 Å². The first-order valence-corrected chi connectivity index (χ1v) is 6.70. The molecule has 0 unspecified atom stereocenters. The van der Waals surface area contributed by atoms with Crippen molar-refractivity contribution in [2.75, 3.05) is 0 Å². The summed E-state index contributed by atoms with van der Waals surface area (Å²) >= 11 is 2.20. The number of aromatic nitrogens is 1. The summed E-state index contributed by atoms with van der Waals surface area (Å²) in [5.74, 6) is 0. The lowest BCUT2D eigenvalue weighted by molar-refractivity contribution is 0.236. The predicted molar refractivity (Wildman–Crippen MR) is 69.4 cm³/mol. The Bertz CT molecular complexity index is 417. The van der Waals surface area contributed by atoms with Crippen LogP contribution in [0, 0.1) is 3.57 Å². The number of nitrogens with zero attached hydrogens (tertiary/aromatic N) is 1. The zero-order valence-electron chi connectivity index (χ0n) is 8.82. The van der Waals surface area contributed by atoms with E-state index in [1.54, 1.807) is 10.8 Å². The average Bonchev–Trinajstić information content (AvgIpc) is 2.92. The van der Waals surface area contributed by atoms with Gasteiger partial charge in [-0.05, 0) is 47.9 Å². The third-order valence-electron chi connectivity index (χ3n) is 3.50. The van der Waals surface area contributed by atoms with Gasteiger partial charge in [-0.15, -0.1) is 0 Å². The largest absolute Gasteiger partial charge is 0.333 e. The molecular weight excluding hydrogens is 317 g/mol. The maximum Gasteiger partial charge on any atom is 0.325 e. The molecule has 3 rings (SSSR count). The highest BCUT2D eigenvalue weighted by molar-refractivity contribution is 14.1. The summed E-state index contributed by atoms with van der Waals surface area (Å²) in [5.41, 5.74) is 0. The lowest BCUT2D eigenvalue weighted by Crippen LogP contribution is -2.44. The highest BCUT2D eigenvalue weighted by Crippen LogP contribution is 2.28. The van der Waals surface area contributed by atoms with Crippen LogP contribution >= 0.6 is 22.6 Å². The maximum absolute atomic E-state index is 11.9. The van der Waals surface area contributed by atoms with E-state index in [2.05, 4.69) is 33.2 Å². The molecule has 2 N–H and O–H groups in total. The van der Waals surface area contributed by atoms with E-state index in [-0.39, 0.29) is 6.03 Å². The SMILES string of the molecule is O=C(N[C@@H]1C[C@H]2CC[C@@H]1N2)n1ccc(I)c1. The summed E-state index contributed by atoms with van der Waals surface area (Å²) in [5, 5.41) is 6.61. The Kier molecular flexibility index (Phi) is 2.67. The van der Waals surface area contributed by atoms with Gasteiger partial charge in [-0.3, -0.25) is 4.57 Å². The molecule has 2 bridgehead atoms. The van der Waals surface area contributed by atoms with Crippen LogP contribution in [0.2, 0.25) is 0 Å². The second-order valence-corrected chi connectivity index (χ2v) is 5.82. The highest BCUT2D eigenvalue weighted by Gasteiger charge is 2.39. The van der Waals surface area contributed by atoms with Crippen molar-refractivity contribution in [1.82, 2.24) is 15.2 Å². The Morgan fingerprint density at radius 1 is 1.56 bits per heavy atom. The predicted octanol–water partition coefficient (Wildman–Crippen LogP) is 1.54. The Morgan fingerprint density at radius 3 is 3.00 bits per heavy atom. The fourth-order valence-electron chi connectivity index (χ4n) is 2.71. The minimum Gasteiger partial charge on any atom is -0.333 e. The molecule has 2 aliphatic heterocycles. The first kappa shape index (κ1) is 10.6. The average molecular weight is 331 g/mol. The van der Waals surface area contributed by atoms with Crippen LogP contribution in [0.25, 0.3) is 0 Å². The van der Waals surface area contributed by atoms with Gasteiger partial charge in [0.25, 0.3) is 0 Å². The number of carbonyl (C=O) groups is 1. The fraction of sp³-hybridized carbons (Fsp3) is 0.545. The number of halogens is 1. The molecule has 3 atom stereocenters. The van der Waals surface area contributed by atoms with E-state index >= 15 is 0 Å². The van der Waals surface area contributed by atoms with Crippen LogP contribution in [-0.4, -0.2) is 28.7 Å². The van der Waals surface area contributed by atoms with Gasteiger partial charge in [-0.25, -0.2) is 4.79 Å². The molecule has 1 amide bonds. The van der Waals surface area contributed by atoms with Gasteiger partial charge in [0, 0.05) is 34.1 Å². The molecule has 2 saturated heterocycles. The number of carbonyl (C=O) groups excluding carboxylic acids is 1. The van der Waals surface area contributed by atoms with Crippen molar-refractivity contribution in [1.29, 1.82) is 0 Å². The van der Waals surface area contributed by atoms with Crippen LogP contribution in [-0.2, 0) is 0 Å². The van der Waals surface area contributed by atoms with Gasteiger partial charge in [-0.2, -0.15) is 0 Å². The Morgan fingerprint density at radius 2 is 2.44 bits per heavy atom. The molecule has 0 spiro atoms. The second kappa shape index (κ2) is 4.03. The molecule has 86 valence electrons. The van der Waals surface area contributed by atoms with Crippen molar-refractivity contribution in [2.24, 2.45) is 0 Å². The van der Waals surface area contributed by atoms with Crippen LogP contribution in [0.3, 0.4) is 0 Å². The van der Waals surface area contributed by atoms with Crippen molar-refractivity contribution >= 4 is 28.6 Å². The fourth-order valence-corrected chi connectivity index (χ4v) is 3.17. The number of amides is 1. The monoisotopic (exact) mass is 331 g/mol. The van der Waals surface area contributed by atoms with E-state index < -0.39 is 0 Å². The molecule has 2 fully saturated rings. The van der Waals surface area contributed by atoms with Crippen LogP contribution < -0.4 is 10.6 Å². The van der Waals surface area contributed by atoms with Crippen LogP contribution in [0.1, 0.15) is 19.3 Å². The molecule has 2 aliphatic rings. The quantitative estimate of drug-likeness (QED) is 0.767. The Hall–Kier alpha value is -0.560. The number of nitrogens with one attached hydrogen (secondary N) is 2. The normalized spacial score (nSPS) is 31.9. The van der Waals surface area contributed by atoms with Crippen LogP contribution in [0.5, 0.6) is 0 Å². The molecule has 4 nitrogen and oxygen atoms in total. The molecule has 3 heterocycles. The standard InChI is InChI=1S/C11H14IN3O/c12-7-3-4-15(6-7)11(16)14-10-5-8-1-2-9(10)13-8/h3-4,6,8-10,13H,1-2,5H2,(H,14,16)/t8-,9+,10-/m1/s1. The molecule has 0 saturated carbocycles. The third kappa shape index (κ3) is 1.86. The lowest BCUT2D eigenvalue weighted by atomic mass is 9.96. The van der Waals surface area contributed by atoms with Crippen molar-refractivity contribution in [2.45, 2.75) is 37.4 Å². The maximum atomic E-state index is 11.9. The smallest absolute Gasteiger partial charge is 0.325 e. The highest BCUT2D eigenvalue weighted by atomic mass is 127. The topological polar surface area (TPSA) is 46.1 Å². The van der Waals surface area contributed by atoms with Gasteiger partial charge >= 0.3 is 6.03 Å². The summed E-state index contributed by atoms with van der Waals surface area (Å²) in [6.07, 6.45) is 7.18. The van der Waals surface area contributed by atoms with Crippen molar-refractivity contribution in [3.63, 3.8) is 0 Å². The zero-order valence-corrected chi connectivity index (χ0v) is 11.0. The van der Waals surface area contributed by atoms with E-state index in [1.165, 1.54) is 12.8 Å². The number of hydrogen-bond donors (Lipinski definition) is 2. The molecule has 5 heteroatoms. The van der Waals surface area contributed by atoms with Gasteiger partial charge in [0.2, 0.25) is 0 Å². The van der Waals surface area contributed by atoms with E-state index in [4.69, 9.17) is 0 Å². The minimum absolute atomic E-state index is 0.0118. The molecule has 1 aromatic heterocycles. The summed E-state index contributed by atoms with van der Waals surface area (Å²) < 4.78 is 2.70. The summed E-state index contributed by atoms with van der Waals surface area (Å²) in [6.45, 7) is 0. The van der Waals surface area contributed by atoms with Gasteiger partial charge in [0.15, 0.2) is 0 Å². The lowest BCUT2D eigenvalue weighted by Gasteiger charge is -2.21. The minimum atomic E-state index is -0.0118. The van der Waals surface area contributed by atoms with Crippen LogP contribution in [0.4, 0.5) is 4.79 Å². The second-order valence-electron chi connectivity index (χ2n) is 4.58. The summed E-state index contributed by atoms with van der Waals surface area (Å²) in [7, 11) is 0. The van der Waals surface area contributed by atoms with Crippen LogP contribution in [0.15, 0.2) is 18.5 Å². The Labute approximate surface area is 108 Å². The molecule has 1 aromatic rings. The van der Waals surface area contributed by atoms with Gasteiger partial charge < -0.3 is 10.6 Å². The Balaban J connectivity index is 1.65. The van der Waals surface area contributed by atoms with Gasteiger partial charge in [-0.1, -0.05) is 0 Å². The first-order valence-electron chi connectivity index (χ1n) is 5.63. The number of rotatable bonds is 1. The van der Waals surface area contributed by atoms with E-state index in [9.17, 15) is 4.79 Å². The summed E-state index contributed by atoms with van der Waals surface area (Å²) in [6, 6.07) is 3.34. The first-order chi connectivity index (χ1) is 7.72. The third-order valence-corrected chi connectivity index (χ3v) is 4.14. The van der Waals surface area contributed by atoms with Gasteiger partial charge in [0.05, 0.1) is 0 Å². The van der Waals surface area contributed by atoms with E-state index in [0.717, 1.165) is 9.99 Å². The molecule has 0 aliphatic carbocycles.